The van der Waals surface area contributed by atoms with Crippen LogP contribution in [0.15, 0.2) is 24.3 Å². The Labute approximate surface area is 132 Å². The summed E-state index contributed by atoms with van der Waals surface area (Å²) in [4.78, 5) is 14.9. The van der Waals surface area contributed by atoms with Crippen LogP contribution in [0.2, 0.25) is 0 Å². The van der Waals surface area contributed by atoms with Crippen molar-refractivity contribution in [3.8, 4) is 0 Å². The second-order valence-electron chi connectivity index (χ2n) is 6.67. The van der Waals surface area contributed by atoms with Crippen molar-refractivity contribution in [2.75, 3.05) is 0 Å². The predicted octanol–water partition coefficient (Wildman–Crippen LogP) is 4.10. The van der Waals surface area contributed by atoms with E-state index in [0.717, 1.165) is 19.3 Å². The van der Waals surface area contributed by atoms with E-state index in [1.165, 1.54) is 35.0 Å². The van der Waals surface area contributed by atoms with E-state index in [1.54, 1.807) is 0 Å². The van der Waals surface area contributed by atoms with Gasteiger partial charge in [-0.3, -0.25) is 4.79 Å². The molecule has 3 nitrogen and oxygen atoms in total. The first-order valence-corrected chi connectivity index (χ1v) is 8.53. The van der Waals surface area contributed by atoms with Crippen LogP contribution in [0, 0.1) is 12.8 Å². The normalized spacial score (nSPS) is 19.5. The van der Waals surface area contributed by atoms with Crippen LogP contribution in [0.1, 0.15) is 50.3 Å². The quantitative estimate of drug-likeness (QED) is 0.828. The van der Waals surface area contributed by atoms with Crippen LogP contribution >= 0.6 is 0 Å². The molecule has 1 fully saturated rings. The van der Waals surface area contributed by atoms with Crippen molar-refractivity contribution in [3.05, 3.63) is 35.5 Å². The van der Waals surface area contributed by atoms with Crippen LogP contribution in [0.3, 0.4) is 0 Å². The Morgan fingerprint density at radius 2 is 2.14 bits per heavy atom. The number of H-pyrrole nitrogens is 1. The van der Waals surface area contributed by atoms with Crippen LogP contribution in [-0.4, -0.2) is 16.9 Å². The Morgan fingerprint density at radius 1 is 1.32 bits per heavy atom. The molecule has 0 bridgehead atoms. The molecule has 118 valence electrons. The monoisotopic (exact) mass is 298 g/mol. The van der Waals surface area contributed by atoms with Crippen molar-refractivity contribution in [2.45, 2.75) is 58.4 Å². The van der Waals surface area contributed by atoms with E-state index in [9.17, 15) is 4.79 Å². The highest BCUT2D eigenvalue weighted by Crippen LogP contribution is 2.29. The van der Waals surface area contributed by atoms with E-state index in [0.29, 0.717) is 18.4 Å². The maximum atomic E-state index is 11.4. The molecule has 1 aromatic heterocycles. The van der Waals surface area contributed by atoms with E-state index in [2.05, 4.69) is 48.4 Å². The molecule has 1 amide bonds. The number of benzene rings is 1. The molecule has 22 heavy (non-hydrogen) atoms. The number of aryl methyl sites for hydroxylation is 1. The van der Waals surface area contributed by atoms with E-state index < -0.39 is 0 Å². The smallest absolute Gasteiger partial charge is 0.220 e. The fraction of sp³-hybridized carbons (Fsp3) is 0.526. The van der Waals surface area contributed by atoms with Crippen LogP contribution in [0.4, 0.5) is 0 Å². The second-order valence-corrected chi connectivity index (χ2v) is 6.67. The third-order valence-corrected chi connectivity index (χ3v) is 4.92. The van der Waals surface area contributed by atoms with Crippen molar-refractivity contribution in [3.63, 3.8) is 0 Å². The Hall–Kier alpha value is -1.77. The summed E-state index contributed by atoms with van der Waals surface area (Å²) in [7, 11) is 0. The Morgan fingerprint density at radius 3 is 2.86 bits per heavy atom. The Bertz CT molecular complexity index is 658. The fourth-order valence-corrected chi connectivity index (χ4v) is 3.85. The highest BCUT2D eigenvalue weighted by molar-refractivity contribution is 5.84. The molecule has 2 N–H and O–H groups in total. The number of aromatic nitrogens is 1. The van der Waals surface area contributed by atoms with Gasteiger partial charge < -0.3 is 10.3 Å². The average molecular weight is 298 g/mol. The molecule has 2 heterocycles. The molecule has 2 aromatic rings. The minimum Gasteiger partial charge on any atom is -0.358 e. The number of fused-ring (bicyclic) bond motifs is 1. The molecular formula is C19H26N2O. The molecule has 2 unspecified atom stereocenters. The zero-order chi connectivity index (χ0) is 15.5. The van der Waals surface area contributed by atoms with Gasteiger partial charge in [-0.1, -0.05) is 38.0 Å². The third kappa shape index (κ3) is 3.18. The molecule has 0 radical (unpaired) electrons. The van der Waals surface area contributed by atoms with Crippen LogP contribution < -0.4 is 5.32 Å². The number of carbonyl (C=O) groups is 1. The van der Waals surface area contributed by atoms with Gasteiger partial charge in [0.15, 0.2) is 0 Å². The number of nitrogens with one attached hydrogen (secondary N) is 2. The van der Waals surface area contributed by atoms with Crippen molar-refractivity contribution < 1.29 is 4.79 Å². The van der Waals surface area contributed by atoms with Gasteiger partial charge in [0.25, 0.3) is 0 Å². The number of carbonyl (C=O) groups excluding carboxylic acids is 1. The molecule has 0 aliphatic carbocycles. The van der Waals surface area contributed by atoms with Gasteiger partial charge in [0.05, 0.1) is 0 Å². The molecule has 1 aliphatic rings. The molecule has 0 spiro atoms. The molecular weight excluding hydrogens is 272 g/mol. The third-order valence-electron chi connectivity index (χ3n) is 4.92. The van der Waals surface area contributed by atoms with Crippen LogP contribution in [-0.2, 0) is 11.2 Å². The molecule has 0 saturated carbocycles. The van der Waals surface area contributed by atoms with Crippen molar-refractivity contribution in [2.24, 2.45) is 5.92 Å². The zero-order valence-corrected chi connectivity index (χ0v) is 13.6. The van der Waals surface area contributed by atoms with E-state index >= 15 is 0 Å². The molecule has 1 aromatic carbocycles. The Balaban J connectivity index is 1.77. The summed E-state index contributed by atoms with van der Waals surface area (Å²) < 4.78 is 0. The fourth-order valence-electron chi connectivity index (χ4n) is 3.85. The van der Waals surface area contributed by atoms with Gasteiger partial charge in [0.2, 0.25) is 5.91 Å². The van der Waals surface area contributed by atoms with Gasteiger partial charge in [-0.25, -0.2) is 0 Å². The van der Waals surface area contributed by atoms with E-state index in [-0.39, 0.29) is 5.91 Å². The van der Waals surface area contributed by atoms with Gasteiger partial charge in [0.1, 0.15) is 0 Å². The lowest BCUT2D eigenvalue weighted by Crippen LogP contribution is -2.28. The SMILES string of the molecule is CCCC(Cc1c(C)[nH]c2ccccc12)CC1CCC(=O)N1. The first-order chi connectivity index (χ1) is 10.7. The van der Waals surface area contributed by atoms with Crippen LogP contribution in [0.5, 0.6) is 0 Å². The lowest BCUT2D eigenvalue weighted by atomic mass is 9.88. The lowest BCUT2D eigenvalue weighted by molar-refractivity contribution is -0.119. The van der Waals surface area contributed by atoms with Gasteiger partial charge in [-0.15, -0.1) is 0 Å². The van der Waals surface area contributed by atoms with Gasteiger partial charge >= 0.3 is 0 Å². The molecule has 1 aliphatic heterocycles. The maximum Gasteiger partial charge on any atom is 0.220 e. The maximum absolute atomic E-state index is 11.4. The number of aromatic amines is 1. The topological polar surface area (TPSA) is 44.9 Å². The largest absolute Gasteiger partial charge is 0.358 e. The van der Waals surface area contributed by atoms with Crippen molar-refractivity contribution in [1.29, 1.82) is 0 Å². The van der Waals surface area contributed by atoms with Crippen LogP contribution in [0.25, 0.3) is 10.9 Å². The minimum atomic E-state index is 0.225. The number of rotatable bonds is 6. The molecule has 3 heteroatoms. The Kier molecular flexibility index (Phi) is 4.51. The zero-order valence-electron chi connectivity index (χ0n) is 13.6. The summed E-state index contributed by atoms with van der Waals surface area (Å²) in [6.45, 7) is 4.43. The second kappa shape index (κ2) is 6.55. The van der Waals surface area contributed by atoms with Gasteiger partial charge in [0, 0.05) is 29.1 Å². The molecule has 1 saturated heterocycles. The standard InChI is InChI=1S/C19H26N2O/c1-3-6-14(11-15-9-10-19(22)21-15)12-17-13(2)20-18-8-5-4-7-16(17)18/h4-5,7-8,14-15,20H,3,6,9-12H2,1-2H3,(H,21,22). The highest BCUT2D eigenvalue weighted by atomic mass is 16.1. The van der Waals surface area contributed by atoms with Gasteiger partial charge in [-0.05, 0) is 43.7 Å². The summed E-state index contributed by atoms with van der Waals surface area (Å²) in [5.74, 6) is 0.870. The minimum absolute atomic E-state index is 0.225. The number of para-hydroxylation sites is 1. The first-order valence-electron chi connectivity index (χ1n) is 8.53. The van der Waals surface area contributed by atoms with Gasteiger partial charge in [-0.2, -0.15) is 0 Å². The van der Waals surface area contributed by atoms with E-state index in [1.807, 2.05) is 0 Å². The summed E-state index contributed by atoms with van der Waals surface area (Å²) in [6.07, 6.45) is 6.36. The first kappa shape index (κ1) is 15.1. The average Bonchev–Trinajstić information content (AvgIpc) is 3.03. The number of amides is 1. The number of hydrogen-bond donors (Lipinski definition) is 2. The van der Waals surface area contributed by atoms with Crippen molar-refractivity contribution in [1.82, 2.24) is 10.3 Å². The summed E-state index contributed by atoms with van der Waals surface area (Å²) in [5.41, 5.74) is 3.98. The molecule has 3 rings (SSSR count). The lowest BCUT2D eigenvalue weighted by Gasteiger charge is -2.20. The number of hydrogen-bond acceptors (Lipinski definition) is 1. The highest BCUT2D eigenvalue weighted by Gasteiger charge is 2.24. The van der Waals surface area contributed by atoms with Crippen molar-refractivity contribution >= 4 is 16.8 Å². The van der Waals surface area contributed by atoms with E-state index in [4.69, 9.17) is 0 Å². The summed E-state index contributed by atoms with van der Waals surface area (Å²) >= 11 is 0. The summed E-state index contributed by atoms with van der Waals surface area (Å²) in [6, 6.07) is 8.95. The summed E-state index contributed by atoms with van der Waals surface area (Å²) in [5, 5.41) is 4.49. The predicted molar refractivity (Wildman–Crippen MR) is 90.9 cm³/mol. The molecule has 2 atom stereocenters.